The van der Waals surface area contributed by atoms with Gasteiger partial charge in [-0.1, -0.05) is 18.2 Å². The molecule has 1 N–H and O–H groups in total. The minimum atomic E-state index is -3.84. The van der Waals surface area contributed by atoms with Crippen LogP contribution in [-0.2, 0) is 4.74 Å². The van der Waals surface area contributed by atoms with Crippen molar-refractivity contribution in [3.8, 4) is 28.1 Å². The van der Waals surface area contributed by atoms with Gasteiger partial charge in [-0.25, -0.2) is 4.79 Å². The van der Waals surface area contributed by atoms with Crippen molar-refractivity contribution in [2.75, 3.05) is 12.4 Å². The predicted octanol–water partition coefficient (Wildman–Crippen LogP) is 6.02. The van der Waals surface area contributed by atoms with Crippen molar-refractivity contribution in [1.82, 2.24) is 9.97 Å². The zero-order valence-corrected chi connectivity index (χ0v) is 19.5. The molecular formula is C26H18ClF2N3O4. The first kappa shape index (κ1) is 24.7. The van der Waals surface area contributed by atoms with Gasteiger partial charge in [0, 0.05) is 52.6 Å². The number of hydrogen-bond acceptors (Lipinski definition) is 6. The lowest BCUT2D eigenvalue weighted by molar-refractivity contribution is -0.0964. The maximum atomic E-state index is 12.9. The summed E-state index contributed by atoms with van der Waals surface area (Å²) < 4.78 is 34.7. The molecule has 0 unspecified atom stereocenters. The molecule has 1 amide bonds. The highest BCUT2D eigenvalue weighted by atomic mass is 35.5. The van der Waals surface area contributed by atoms with Crippen molar-refractivity contribution in [3.05, 3.63) is 96.4 Å². The molecule has 0 spiro atoms. The van der Waals surface area contributed by atoms with E-state index in [9.17, 15) is 18.4 Å². The summed E-state index contributed by atoms with van der Waals surface area (Å²) >= 11 is 4.77. The zero-order valence-electron chi connectivity index (χ0n) is 18.7. The Labute approximate surface area is 209 Å². The Balaban J connectivity index is 1.66. The van der Waals surface area contributed by atoms with E-state index < -0.39 is 17.4 Å². The number of methoxy groups -OCH3 is 1. The topological polar surface area (TPSA) is 90.4 Å². The molecule has 0 atom stereocenters. The lowest BCUT2D eigenvalue weighted by atomic mass is 9.97. The molecule has 0 radical (unpaired) electrons. The second kappa shape index (κ2) is 10.5. The van der Waals surface area contributed by atoms with Gasteiger partial charge in [0.25, 0.3) is 5.91 Å². The van der Waals surface area contributed by atoms with E-state index in [1.807, 2.05) is 6.07 Å². The molecule has 2 aromatic carbocycles. The van der Waals surface area contributed by atoms with Crippen molar-refractivity contribution in [3.63, 3.8) is 0 Å². The van der Waals surface area contributed by atoms with E-state index in [-0.39, 0.29) is 11.3 Å². The fourth-order valence-electron chi connectivity index (χ4n) is 3.42. The highest BCUT2D eigenvalue weighted by molar-refractivity contribution is 6.20. The van der Waals surface area contributed by atoms with Crippen molar-refractivity contribution >= 4 is 29.2 Å². The lowest BCUT2D eigenvalue weighted by Gasteiger charge is -2.13. The highest BCUT2D eigenvalue weighted by Gasteiger charge is 2.27. The molecule has 4 rings (SSSR count). The number of benzene rings is 2. The van der Waals surface area contributed by atoms with E-state index >= 15 is 0 Å². The number of esters is 1. The lowest BCUT2D eigenvalue weighted by Crippen LogP contribution is -2.16. The number of halogens is 3. The number of rotatable bonds is 7. The minimum absolute atomic E-state index is 0.160. The van der Waals surface area contributed by atoms with Gasteiger partial charge in [0.05, 0.1) is 23.9 Å². The van der Waals surface area contributed by atoms with Crippen LogP contribution < -0.4 is 10.1 Å². The Morgan fingerprint density at radius 3 is 2.36 bits per heavy atom. The summed E-state index contributed by atoms with van der Waals surface area (Å²) in [5.74, 6) is -1.12. The van der Waals surface area contributed by atoms with Crippen LogP contribution in [0.3, 0.4) is 0 Å². The third-order valence-corrected chi connectivity index (χ3v) is 5.10. The SMILES string of the molecule is COC(=O)c1cccc(-c2ncc(C(=O)Nc3ccc(OC(F)(F)Cl)cc3)cc2-c2cccnc2)c1. The largest absolute Gasteiger partial charge is 0.487 e. The van der Waals surface area contributed by atoms with E-state index in [1.165, 1.54) is 37.6 Å². The predicted molar refractivity (Wildman–Crippen MR) is 130 cm³/mol. The third-order valence-electron chi connectivity index (χ3n) is 5.03. The summed E-state index contributed by atoms with van der Waals surface area (Å²) in [5, 5.41) is 2.69. The number of pyridine rings is 2. The summed E-state index contributed by atoms with van der Waals surface area (Å²) in [4.78, 5) is 33.6. The van der Waals surface area contributed by atoms with Gasteiger partial charge in [0.2, 0.25) is 0 Å². The zero-order chi connectivity index (χ0) is 25.7. The van der Waals surface area contributed by atoms with Gasteiger partial charge in [0.15, 0.2) is 0 Å². The second-order valence-corrected chi connectivity index (χ2v) is 7.90. The van der Waals surface area contributed by atoms with Crippen LogP contribution in [0.5, 0.6) is 5.75 Å². The molecule has 0 bridgehead atoms. The molecule has 0 saturated heterocycles. The molecule has 0 aliphatic heterocycles. The van der Waals surface area contributed by atoms with Gasteiger partial charge in [-0.15, -0.1) is 8.78 Å². The van der Waals surface area contributed by atoms with Gasteiger partial charge < -0.3 is 14.8 Å². The molecular weight excluding hydrogens is 492 g/mol. The fraction of sp³-hybridized carbons (Fsp3) is 0.0769. The van der Waals surface area contributed by atoms with E-state index in [4.69, 9.17) is 16.3 Å². The van der Waals surface area contributed by atoms with Crippen LogP contribution >= 0.6 is 11.6 Å². The summed E-state index contributed by atoms with van der Waals surface area (Å²) in [6, 6.07) is 17.3. The van der Waals surface area contributed by atoms with Gasteiger partial charge in [0.1, 0.15) is 5.75 Å². The maximum absolute atomic E-state index is 12.9. The van der Waals surface area contributed by atoms with Crippen molar-refractivity contribution < 1.29 is 27.8 Å². The van der Waals surface area contributed by atoms with Gasteiger partial charge in [-0.3, -0.25) is 14.8 Å². The highest BCUT2D eigenvalue weighted by Crippen LogP contribution is 2.32. The van der Waals surface area contributed by atoms with Crippen molar-refractivity contribution in [2.24, 2.45) is 0 Å². The standard InChI is InChI=1S/C26H18ClF2N3O4/c1-35-25(34)17-5-2-4-16(12-17)23-22(18-6-3-11-30-14-18)13-19(15-31-23)24(33)32-20-7-9-21(10-8-20)36-26(27,28)29/h2-15H,1H3,(H,32,33). The van der Waals surface area contributed by atoms with Crippen LogP contribution in [0.25, 0.3) is 22.4 Å². The molecule has 4 aromatic rings. The first-order chi connectivity index (χ1) is 17.2. The minimum Gasteiger partial charge on any atom is -0.465 e. The van der Waals surface area contributed by atoms with E-state index in [0.717, 1.165) is 0 Å². The Bertz CT molecular complexity index is 1390. The van der Waals surface area contributed by atoms with Gasteiger partial charge in [-0.2, -0.15) is 0 Å². The number of carbonyl (C=O) groups is 2. The number of amides is 1. The number of hydrogen-bond donors (Lipinski definition) is 1. The summed E-state index contributed by atoms with van der Waals surface area (Å²) in [6.07, 6.45) is 4.66. The molecule has 182 valence electrons. The molecule has 0 aliphatic rings. The molecule has 2 heterocycles. The normalized spacial score (nSPS) is 11.0. The van der Waals surface area contributed by atoms with E-state index in [1.54, 1.807) is 48.8 Å². The number of aromatic nitrogens is 2. The molecule has 0 aliphatic carbocycles. The van der Waals surface area contributed by atoms with Gasteiger partial charge in [-0.05, 0) is 48.5 Å². The van der Waals surface area contributed by atoms with E-state index in [0.29, 0.717) is 33.6 Å². The molecule has 0 saturated carbocycles. The van der Waals surface area contributed by atoms with Crippen LogP contribution in [0, 0.1) is 0 Å². The number of anilines is 1. The van der Waals surface area contributed by atoms with Crippen LogP contribution in [0.15, 0.2) is 85.3 Å². The number of nitrogens with one attached hydrogen (secondary N) is 1. The average molecular weight is 510 g/mol. The Kier molecular flexibility index (Phi) is 7.21. The maximum Gasteiger partial charge on any atom is 0.487 e. The monoisotopic (exact) mass is 509 g/mol. The van der Waals surface area contributed by atoms with Crippen LogP contribution in [0.2, 0.25) is 0 Å². The van der Waals surface area contributed by atoms with Crippen LogP contribution in [-0.4, -0.2) is 34.5 Å². The van der Waals surface area contributed by atoms with Crippen molar-refractivity contribution in [1.29, 1.82) is 0 Å². The first-order valence-corrected chi connectivity index (χ1v) is 10.9. The first-order valence-electron chi connectivity index (χ1n) is 10.5. The molecule has 2 aromatic heterocycles. The summed E-state index contributed by atoms with van der Waals surface area (Å²) in [7, 11) is 1.30. The third kappa shape index (κ3) is 6.00. The quantitative estimate of drug-likeness (QED) is 0.242. The Morgan fingerprint density at radius 2 is 1.69 bits per heavy atom. The van der Waals surface area contributed by atoms with E-state index in [2.05, 4.69) is 20.0 Å². The Hall–Kier alpha value is -4.37. The number of alkyl halides is 3. The molecule has 0 fully saturated rings. The Morgan fingerprint density at radius 1 is 0.944 bits per heavy atom. The number of ether oxygens (including phenoxy) is 2. The van der Waals surface area contributed by atoms with Crippen molar-refractivity contribution in [2.45, 2.75) is 5.57 Å². The van der Waals surface area contributed by atoms with Gasteiger partial charge >= 0.3 is 11.5 Å². The smallest absolute Gasteiger partial charge is 0.465 e. The molecule has 10 heteroatoms. The fourth-order valence-corrected chi connectivity index (χ4v) is 3.50. The van der Waals surface area contributed by atoms with Crippen LogP contribution in [0.1, 0.15) is 20.7 Å². The number of carbonyl (C=O) groups excluding carboxylic acids is 2. The molecule has 7 nitrogen and oxygen atoms in total. The number of nitrogens with zero attached hydrogens (tertiary/aromatic N) is 2. The molecule has 36 heavy (non-hydrogen) atoms. The average Bonchev–Trinajstić information content (AvgIpc) is 2.88. The summed E-state index contributed by atoms with van der Waals surface area (Å²) in [5.41, 5.74) is -0.374. The van der Waals surface area contributed by atoms with Crippen LogP contribution in [0.4, 0.5) is 14.5 Å². The second-order valence-electron chi connectivity index (χ2n) is 7.46. The summed E-state index contributed by atoms with van der Waals surface area (Å²) in [6.45, 7) is 0.